The van der Waals surface area contributed by atoms with Crippen LogP contribution in [0.3, 0.4) is 0 Å². The summed E-state index contributed by atoms with van der Waals surface area (Å²) >= 11 is 0. The summed E-state index contributed by atoms with van der Waals surface area (Å²) in [5.41, 5.74) is 1.20. The van der Waals surface area contributed by atoms with Crippen LogP contribution >= 0.6 is 0 Å². The third-order valence-corrected chi connectivity index (χ3v) is 3.39. The van der Waals surface area contributed by atoms with E-state index in [2.05, 4.69) is 20.5 Å². The second kappa shape index (κ2) is 5.27. The normalized spacial score (nSPS) is 11.7. The number of aromatic nitrogens is 3. The molecule has 0 atom stereocenters. The Kier molecular flexibility index (Phi) is 3.72. The van der Waals surface area contributed by atoms with Crippen molar-refractivity contribution >= 4 is 17.0 Å². The topological polar surface area (TPSA) is 70.9 Å². The van der Waals surface area contributed by atoms with E-state index in [1.807, 2.05) is 38.1 Å². The zero-order valence-corrected chi connectivity index (χ0v) is 10.7. The molecule has 2 N–H and O–H groups in total. The molecule has 1 aromatic carbocycles. The van der Waals surface area contributed by atoms with Crippen molar-refractivity contribution < 1.29 is 5.11 Å². The predicted molar refractivity (Wildman–Crippen MR) is 71.4 cm³/mol. The Hall–Kier alpha value is -1.75. The van der Waals surface area contributed by atoms with Crippen LogP contribution in [-0.4, -0.2) is 32.4 Å². The fraction of sp³-hybridized carbons (Fsp3) is 0.462. The summed E-state index contributed by atoms with van der Waals surface area (Å²) in [5.74, 6) is 0.464. The summed E-state index contributed by atoms with van der Waals surface area (Å²) in [6.45, 7) is 4.11. The fourth-order valence-electron chi connectivity index (χ4n) is 1.86. The van der Waals surface area contributed by atoms with Gasteiger partial charge in [-0.15, -0.1) is 10.2 Å². The molecule has 5 nitrogen and oxygen atoms in total. The molecule has 5 heteroatoms. The van der Waals surface area contributed by atoms with Crippen LogP contribution in [0.15, 0.2) is 24.3 Å². The standard InChI is InChI=1S/C13H18N4O/c1-3-13(4-2,9-18)15-12-14-10-7-5-6-8-11(10)16-17-12/h5-8,18H,3-4,9H2,1-2H3,(H,14,15,17). The van der Waals surface area contributed by atoms with Crippen molar-refractivity contribution in [1.82, 2.24) is 15.2 Å². The summed E-state index contributed by atoms with van der Waals surface area (Å²) in [4.78, 5) is 4.41. The highest BCUT2D eigenvalue weighted by molar-refractivity contribution is 5.74. The number of hydrogen-bond acceptors (Lipinski definition) is 5. The van der Waals surface area contributed by atoms with E-state index in [0.717, 1.165) is 23.9 Å². The Morgan fingerprint density at radius 2 is 1.78 bits per heavy atom. The van der Waals surface area contributed by atoms with Gasteiger partial charge in [0.2, 0.25) is 5.95 Å². The van der Waals surface area contributed by atoms with Crippen molar-refractivity contribution in [1.29, 1.82) is 0 Å². The number of benzene rings is 1. The summed E-state index contributed by atoms with van der Waals surface area (Å²) in [6.07, 6.45) is 1.60. The number of hydrogen-bond donors (Lipinski definition) is 2. The smallest absolute Gasteiger partial charge is 0.243 e. The number of aliphatic hydroxyl groups is 1. The molecule has 18 heavy (non-hydrogen) atoms. The summed E-state index contributed by atoms with van der Waals surface area (Å²) < 4.78 is 0. The molecule has 2 aromatic rings. The molecule has 0 aliphatic rings. The van der Waals surface area contributed by atoms with Crippen molar-refractivity contribution in [3.63, 3.8) is 0 Å². The molecular formula is C13H18N4O. The third-order valence-electron chi connectivity index (χ3n) is 3.39. The van der Waals surface area contributed by atoms with E-state index in [4.69, 9.17) is 0 Å². The number of nitrogens with zero attached hydrogens (tertiary/aromatic N) is 3. The van der Waals surface area contributed by atoms with Crippen molar-refractivity contribution in [2.75, 3.05) is 11.9 Å². The average molecular weight is 246 g/mol. The van der Waals surface area contributed by atoms with Crippen molar-refractivity contribution in [3.8, 4) is 0 Å². The van der Waals surface area contributed by atoms with Gasteiger partial charge in [-0.3, -0.25) is 0 Å². The van der Waals surface area contributed by atoms with Crippen molar-refractivity contribution in [2.24, 2.45) is 0 Å². The molecular weight excluding hydrogens is 228 g/mol. The zero-order chi connectivity index (χ0) is 13.0. The summed E-state index contributed by atoms with van der Waals surface area (Å²) in [6, 6.07) is 7.59. The second-order valence-corrected chi connectivity index (χ2v) is 4.39. The van der Waals surface area contributed by atoms with Crippen LogP contribution < -0.4 is 5.32 Å². The second-order valence-electron chi connectivity index (χ2n) is 4.39. The molecule has 0 saturated carbocycles. The summed E-state index contributed by atoms with van der Waals surface area (Å²) in [7, 11) is 0. The number of para-hydroxylation sites is 1. The van der Waals surface area contributed by atoms with Crippen LogP contribution in [0.5, 0.6) is 0 Å². The Bertz CT molecular complexity index is 517. The van der Waals surface area contributed by atoms with Gasteiger partial charge >= 0.3 is 0 Å². The lowest BCUT2D eigenvalue weighted by Crippen LogP contribution is -2.41. The maximum atomic E-state index is 9.51. The molecule has 1 heterocycles. The maximum Gasteiger partial charge on any atom is 0.243 e. The SMILES string of the molecule is CCC(CC)(CO)Nc1nnc2ccccc2n1. The Balaban J connectivity index is 2.31. The molecule has 0 radical (unpaired) electrons. The van der Waals surface area contributed by atoms with E-state index in [1.165, 1.54) is 0 Å². The number of aliphatic hydroxyl groups excluding tert-OH is 1. The highest BCUT2D eigenvalue weighted by atomic mass is 16.3. The van der Waals surface area contributed by atoms with Crippen LogP contribution in [0.1, 0.15) is 26.7 Å². The van der Waals surface area contributed by atoms with Gasteiger partial charge in [-0.2, -0.15) is 0 Å². The van der Waals surface area contributed by atoms with Crippen LogP contribution in [-0.2, 0) is 0 Å². The van der Waals surface area contributed by atoms with Gasteiger partial charge in [-0.25, -0.2) is 4.98 Å². The lowest BCUT2D eigenvalue weighted by Gasteiger charge is -2.30. The number of nitrogens with one attached hydrogen (secondary N) is 1. The van der Waals surface area contributed by atoms with Crippen LogP contribution in [0, 0.1) is 0 Å². The molecule has 0 bridgehead atoms. The first kappa shape index (κ1) is 12.7. The van der Waals surface area contributed by atoms with E-state index in [9.17, 15) is 5.11 Å². The Labute approximate surface area is 106 Å². The van der Waals surface area contributed by atoms with Gasteiger partial charge in [-0.05, 0) is 25.0 Å². The molecule has 1 aromatic heterocycles. The molecule has 0 aliphatic carbocycles. The third kappa shape index (κ3) is 2.41. The van der Waals surface area contributed by atoms with Gasteiger partial charge in [0.25, 0.3) is 0 Å². The minimum absolute atomic E-state index is 0.0518. The van der Waals surface area contributed by atoms with Gasteiger partial charge < -0.3 is 10.4 Å². The lowest BCUT2D eigenvalue weighted by atomic mass is 9.94. The van der Waals surface area contributed by atoms with Gasteiger partial charge in [0.1, 0.15) is 5.52 Å². The van der Waals surface area contributed by atoms with Crippen LogP contribution in [0.25, 0.3) is 11.0 Å². The Morgan fingerprint density at radius 3 is 2.39 bits per heavy atom. The molecule has 96 valence electrons. The highest BCUT2D eigenvalue weighted by Crippen LogP contribution is 2.20. The largest absolute Gasteiger partial charge is 0.394 e. The van der Waals surface area contributed by atoms with Crippen molar-refractivity contribution in [3.05, 3.63) is 24.3 Å². The minimum atomic E-state index is -0.371. The van der Waals surface area contributed by atoms with E-state index in [1.54, 1.807) is 0 Å². The number of fused-ring (bicyclic) bond motifs is 1. The van der Waals surface area contributed by atoms with Gasteiger partial charge in [0, 0.05) is 0 Å². The number of rotatable bonds is 5. The zero-order valence-electron chi connectivity index (χ0n) is 10.7. The highest BCUT2D eigenvalue weighted by Gasteiger charge is 2.26. The van der Waals surface area contributed by atoms with E-state index >= 15 is 0 Å². The fourth-order valence-corrected chi connectivity index (χ4v) is 1.86. The monoisotopic (exact) mass is 246 g/mol. The van der Waals surface area contributed by atoms with Crippen LogP contribution in [0.2, 0.25) is 0 Å². The maximum absolute atomic E-state index is 9.51. The van der Waals surface area contributed by atoms with Gasteiger partial charge in [0.15, 0.2) is 0 Å². The van der Waals surface area contributed by atoms with E-state index < -0.39 is 0 Å². The van der Waals surface area contributed by atoms with Crippen LogP contribution in [0.4, 0.5) is 5.95 Å². The molecule has 2 rings (SSSR count). The van der Waals surface area contributed by atoms with E-state index in [-0.39, 0.29) is 12.1 Å². The molecule has 0 unspecified atom stereocenters. The van der Waals surface area contributed by atoms with Gasteiger partial charge in [-0.1, -0.05) is 26.0 Å². The molecule has 0 amide bonds. The minimum Gasteiger partial charge on any atom is -0.394 e. The first-order valence-corrected chi connectivity index (χ1v) is 6.21. The molecule has 0 fully saturated rings. The van der Waals surface area contributed by atoms with Crippen molar-refractivity contribution in [2.45, 2.75) is 32.2 Å². The Morgan fingerprint density at radius 1 is 1.11 bits per heavy atom. The lowest BCUT2D eigenvalue weighted by molar-refractivity contribution is 0.201. The first-order chi connectivity index (χ1) is 8.73. The first-order valence-electron chi connectivity index (χ1n) is 6.21. The molecule has 0 spiro atoms. The molecule has 0 aliphatic heterocycles. The quantitative estimate of drug-likeness (QED) is 0.844. The van der Waals surface area contributed by atoms with Gasteiger partial charge in [0.05, 0.1) is 17.7 Å². The van der Waals surface area contributed by atoms with E-state index in [0.29, 0.717) is 5.95 Å². The molecule has 0 saturated heterocycles. The average Bonchev–Trinajstić information content (AvgIpc) is 2.45. The predicted octanol–water partition coefficient (Wildman–Crippen LogP) is 1.99. The summed E-state index contributed by atoms with van der Waals surface area (Å²) in [5, 5.41) is 20.9. The number of anilines is 1.